The first kappa shape index (κ1) is 19.4. The Balaban J connectivity index is 1.71. The Morgan fingerprint density at radius 2 is 2.06 bits per heavy atom. The molecule has 1 aliphatic heterocycles. The summed E-state index contributed by atoms with van der Waals surface area (Å²) in [7, 11) is 1.65. The average molecular weight is 416 g/mol. The molecule has 1 aliphatic rings. The van der Waals surface area contributed by atoms with E-state index in [9.17, 15) is 4.79 Å². The van der Waals surface area contributed by atoms with E-state index in [0.29, 0.717) is 24.5 Å². The van der Waals surface area contributed by atoms with Crippen LogP contribution in [0.3, 0.4) is 0 Å². The lowest BCUT2D eigenvalue weighted by molar-refractivity contribution is 0.181. The minimum atomic E-state index is -0.413. The number of para-hydroxylation sites is 2. The average Bonchev–Trinajstić information content (AvgIpc) is 3.41. The molecule has 4 aromatic rings. The van der Waals surface area contributed by atoms with Gasteiger partial charge < -0.3 is 14.6 Å². The number of aromatic nitrogens is 5. The van der Waals surface area contributed by atoms with E-state index >= 15 is 0 Å². The first-order valence-corrected chi connectivity index (χ1v) is 10.4. The van der Waals surface area contributed by atoms with Crippen molar-refractivity contribution in [2.75, 3.05) is 25.2 Å². The fraction of sp³-hybridized carbons (Fsp3) is 0.304. The largest absolute Gasteiger partial charge is 0.383 e. The number of methoxy groups -OCH3 is 1. The molecule has 0 spiro atoms. The maximum atomic E-state index is 13.3. The zero-order valence-electron chi connectivity index (χ0n) is 17.6. The second-order valence-corrected chi connectivity index (χ2v) is 7.82. The Labute approximate surface area is 179 Å². The normalized spacial score (nSPS) is 14.2. The molecule has 1 unspecified atom stereocenters. The van der Waals surface area contributed by atoms with Crippen LogP contribution in [0, 0.1) is 6.92 Å². The molecule has 31 heavy (non-hydrogen) atoms. The fourth-order valence-corrected chi connectivity index (χ4v) is 4.43. The van der Waals surface area contributed by atoms with E-state index in [1.165, 1.54) is 5.56 Å². The van der Waals surface area contributed by atoms with Crippen molar-refractivity contribution in [3.05, 3.63) is 81.4 Å². The molecule has 3 heterocycles. The second kappa shape index (κ2) is 7.96. The molecule has 2 aromatic carbocycles. The molecule has 0 bridgehead atoms. The molecule has 0 saturated heterocycles. The number of ether oxygens (including phenoxy) is 1. The van der Waals surface area contributed by atoms with Gasteiger partial charge in [0.25, 0.3) is 5.56 Å². The number of aryl methyl sites for hydroxylation is 1. The fourth-order valence-electron chi connectivity index (χ4n) is 4.43. The van der Waals surface area contributed by atoms with Gasteiger partial charge >= 0.3 is 0 Å². The van der Waals surface area contributed by atoms with Gasteiger partial charge in [0, 0.05) is 24.9 Å². The topological polar surface area (TPSA) is 88.9 Å². The summed E-state index contributed by atoms with van der Waals surface area (Å²) in [6.07, 6.45) is 0.914. The van der Waals surface area contributed by atoms with Crippen LogP contribution in [-0.4, -0.2) is 45.5 Å². The number of rotatable bonds is 6. The number of pyridine rings is 1. The summed E-state index contributed by atoms with van der Waals surface area (Å²) in [4.78, 5) is 18.7. The molecule has 0 amide bonds. The molecule has 158 valence electrons. The zero-order chi connectivity index (χ0) is 21.4. The van der Waals surface area contributed by atoms with Crippen molar-refractivity contribution >= 4 is 16.6 Å². The van der Waals surface area contributed by atoms with Crippen molar-refractivity contribution in [1.29, 1.82) is 0 Å². The molecular formula is C23H24N6O2. The number of H-pyrrole nitrogens is 1. The van der Waals surface area contributed by atoms with E-state index in [1.54, 1.807) is 11.8 Å². The molecule has 8 heteroatoms. The molecule has 1 N–H and O–H groups in total. The zero-order valence-corrected chi connectivity index (χ0v) is 17.6. The minimum Gasteiger partial charge on any atom is -0.383 e. The maximum Gasteiger partial charge on any atom is 0.254 e. The van der Waals surface area contributed by atoms with Crippen molar-refractivity contribution in [2.24, 2.45) is 0 Å². The van der Waals surface area contributed by atoms with Crippen LogP contribution in [0.4, 0.5) is 5.69 Å². The number of aromatic amines is 1. The highest BCUT2D eigenvalue weighted by Crippen LogP contribution is 2.37. The van der Waals surface area contributed by atoms with Gasteiger partial charge in [-0.2, -0.15) is 0 Å². The first-order valence-electron chi connectivity index (χ1n) is 10.4. The van der Waals surface area contributed by atoms with Crippen LogP contribution in [0.25, 0.3) is 10.9 Å². The highest BCUT2D eigenvalue weighted by molar-refractivity contribution is 5.82. The van der Waals surface area contributed by atoms with Crippen LogP contribution in [0.2, 0.25) is 0 Å². The third kappa shape index (κ3) is 3.38. The van der Waals surface area contributed by atoms with E-state index in [2.05, 4.69) is 37.5 Å². The van der Waals surface area contributed by atoms with E-state index in [0.717, 1.165) is 35.1 Å². The van der Waals surface area contributed by atoms with Crippen LogP contribution in [0.15, 0.2) is 53.3 Å². The van der Waals surface area contributed by atoms with Gasteiger partial charge in [-0.25, -0.2) is 4.68 Å². The number of fused-ring (bicyclic) bond motifs is 2. The molecular weight excluding hydrogens is 392 g/mol. The highest BCUT2D eigenvalue weighted by atomic mass is 16.5. The number of hydrogen-bond donors (Lipinski definition) is 1. The monoisotopic (exact) mass is 416 g/mol. The minimum absolute atomic E-state index is 0.127. The molecule has 0 fully saturated rings. The Morgan fingerprint density at radius 3 is 2.94 bits per heavy atom. The highest BCUT2D eigenvalue weighted by Gasteiger charge is 2.34. The summed E-state index contributed by atoms with van der Waals surface area (Å²) >= 11 is 0. The number of anilines is 1. The van der Waals surface area contributed by atoms with Gasteiger partial charge in [-0.05, 0) is 52.4 Å². The molecule has 8 nitrogen and oxygen atoms in total. The lowest BCUT2D eigenvalue weighted by atomic mass is 10.0. The van der Waals surface area contributed by atoms with Gasteiger partial charge in [-0.1, -0.05) is 36.4 Å². The van der Waals surface area contributed by atoms with E-state index in [4.69, 9.17) is 4.74 Å². The molecule has 2 aromatic heterocycles. The molecule has 0 saturated carbocycles. The Bertz CT molecular complexity index is 1290. The lowest BCUT2D eigenvalue weighted by Gasteiger charge is -2.29. The number of nitrogens with zero attached hydrogens (tertiary/aromatic N) is 5. The van der Waals surface area contributed by atoms with E-state index in [-0.39, 0.29) is 5.56 Å². The number of tetrazole rings is 1. The summed E-state index contributed by atoms with van der Waals surface area (Å²) < 4.78 is 6.97. The van der Waals surface area contributed by atoms with Gasteiger partial charge in [0.05, 0.1) is 18.7 Å². The Hall–Kier alpha value is -3.52. The smallest absolute Gasteiger partial charge is 0.254 e. The predicted molar refractivity (Wildman–Crippen MR) is 118 cm³/mol. The van der Waals surface area contributed by atoms with Crippen molar-refractivity contribution in [1.82, 2.24) is 25.2 Å². The summed E-state index contributed by atoms with van der Waals surface area (Å²) in [6, 6.07) is 15.9. The first-order chi connectivity index (χ1) is 15.2. The van der Waals surface area contributed by atoms with Crippen molar-refractivity contribution in [2.45, 2.75) is 25.9 Å². The van der Waals surface area contributed by atoms with Crippen molar-refractivity contribution in [3.8, 4) is 0 Å². The van der Waals surface area contributed by atoms with Gasteiger partial charge in [-0.15, -0.1) is 5.10 Å². The van der Waals surface area contributed by atoms with Crippen molar-refractivity contribution in [3.63, 3.8) is 0 Å². The molecule has 0 aliphatic carbocycles. The Morgan fingerprint density at radius 1 is 1.19 bits per heavy atom. The van der Waals surface area contributed by atoms with Crippen LogP contribution < -0.4 is 10.5 Å². The lowest BCUT2D eigenvalue weighted by Crippen LogP contribution is -2.34. The third-order valence-corrected chi connectivity index (χ3v) is 5.96. The summed E-state index contributed by atoms with van der Waals surface area (Å²) in [6.45, 7) is 3.77. The van der Waals surface area contributed by atoms with Gasteiger partial charge in [0.15, 0.2) is 5.82 Å². The Kier molecular flexibility index (Phi) is 4.99. The molecule has 1 atom stereocenters. The van der Waals surface area contributed by atoms with Crippen LogP contribution in [0.5, 0.6) is 0 Å². The number of benzene rings is 2. The third-order valence-electron chi connectivity index (χ3n) is 5.96. The predicted octanol–water partition coefficient (Wildman–Crippen LogP) is 2.62. The van der Waals surface area contributed by atoms with Gasteiger partial charge in [-0.3, -0.25) is 4.79 Å². The van der Waals surface area contributed by atoms with Crippen molar-refractivity contribution < 1.29 is 4.74 Å². The van der Waals surface area contributed by atoms with E-state index in [1.807, 2.05) is 43.3 Å². The summed E-state index contributed by atoms with van der Waals surface area (Å²) in [5, 5.41) is 13.4. The number of nitrogens with one attached hydrogen (secondary N) is 1. The van der Waals surface area contributed by atoms with Gasteiger partial charge in [0.2, 0.25) is 0 Å². The van der Waals surface area contributed by atoms with Crippen LogP contribution in [0.1, 0.15) is 28.6 Å². The summed E-state index contributed by atoms with van der Waals surface area (Å²) in [5.74, 6) is 0.631. The van der Waals surface area contributed by atoms with Crippen LogP contribution in [-0.2, 0) is 17.7 Å². The van der Waals surface area contributed by atoms with Gasteiger partial charge in [0.1, 0.15) is 6.04 Å². The van der Waals surface area contributed by atoms with Crippen LogP contribution >= 0.6 is 0 Å². The molecule has 5 rings (SSSR count). The SMILES string of the molecule is COCCn1nnnc1C(c1cc2cccc(C)c2[nH]c1=O)N1CCc2ccccc21. The number of hydrogen-bond acceptors (Lipinski definition) is 6. The maximum absolute atomic E-state index is 13.3. The second-order valence-electron chi connectivity index (χ2n) is 7.82. The standard InChI is InChI=1S/C23H24N6O2/c1-15-6-5-8-17-14-18(23(30)24-20(15)17)21(22-25-26-27-29(22)12-13-31-2)28-11-10-16-7-3-4-9-19(16)28/h3-9,14,21H,10-13H2,1-2H3,(H,24,30). The van der Waals surface area contributed by atoms with E-state index < -0.39 is 6.04 Å². The molecule has 0 radical (unpaired) electrons. The quantitative estimate of drug-likeness (QED) is 0.520. The summed E-state index contributed by atoms with van der Waals surface area (Å²) in [5.41, 5.74) is 4.76.